The fourth-order valence-electron chi connectivity index (χ4n) is 1.89. The van der Waals surface area contributed by atoms with Crippen molar-refractivity contribution in [1.29, 1.82) is 5.26 Å². The normalized spacial score (nSPS) is 19.0. The summed E-state index contributed by atoms with van der Waals surface area (Å²) in [5, 5.41) is 8.77. The Morgan fingerprint density at radius 3 is 3.20 bits per heavy atom. The highest BCUT2D eigenvalue weighted by Crippen LogP contribution is 2.29. The van der Waals surface area contributed by atoms with Crippen LogP contribution in [-0.4, -0.2) is 12.9 Å². The minimum atomic E-state index is -0.126. The number of hydrogen-bond donors (Lipinski definition) is 0. The Labute approximate surface area is 88.3 Å². The lowest BCUT2D eigenvalue weighted by atomic mass is 9.94. The summed E-state index contributed by atoms with van der Waals surface area (Å²) in [5.74, 6) is 0. The lowest BCUT2D eigenvalue weighted by molar-refractivity contribution is -0.110. The van der Waals surface area contributed by atoms with E-state index in [2.05, 4.69) is 6.07 Å². The van der Waals surface area contributed by atoms with Gasteiger partial charge in [-0.1, -0.05) is 6.07 Å². The van der Waals surface area contributed by atoms with Crippen LogP contribution in [0.25, 0.3) is 0 Å². The van der Waals surface area contributed by atoms with Crippen molar-refractivity contribution >= 4 is 6.29 Å². The molecule has 1 aromatic rings. The summed E-state index contributed by atoms with van der Waals surface area (Å²) in [6.07, 6.45) is 1.95. The molecule has 0 N–H and O–H groups in total. The Morgan fingerprint density at radius 1 is 1.60 bits per heavy atom. The topological polar surface area (TPSA) is 50.1 Å². The maximum absolute atomic E-state index is 10.5. The van der Waals surface area contributed by atoms with Gasteiger partial charge >= 0.3 is 0 Å². The van der Waals surface area contributed by atoms with Gasteiger partial charge in [0, 0.05) is 6.42 Å². The molecule has 1 unspecified atom stereocenters. The molecule has 0 radical (unpaired) electrons. The number of rotatable bonds is 2. The van der Waals surface area contributed by atoms with Gasteiger partial charge in [0.2, 0.25) is 0 Å². The summed E-state index contributed by atoms with van der Waals surface area (Å²) in [7, 11) is 0. The van der Waals surface area contributed by atoms with Gasteiger partial charge < -0.3 is 9.53 Å². The molecule has 0 amide bonds. The highest BCUT2D eigenvalue weighted by molar-refractivity contribution is 5.52. The smallest absolute Gasteiger partial charge is 0.122 e. The maximum atomic E-state index is 10.5. The number of carbonyl (C=O) groups excluding carboxylic acids is 1. The van der Waals surface area contributed by atoms with Crippen molar-refractivity contribution in [3.05, 3.63) is 34.9 Å². The van der Waals surface area contributed by atoms with Crippen LogP contribution in [0.5, 0.6) is 0 Å². The second kappa shape index (κ2) is 4.24. The third-order valence-corrected chi connectivity index (χ3v) is 2.62. The molecule has 0 spiro atoms. The number of nitrogens with zero attached hydrogens (tertiary/aromatic N) is 1. The summed E-state index contributed by atoms with van der Waals surface area (Å²) in [6, 6.07) is 7.66. The molecule has 3 nitrogen and oxygen atoms in total. The van der Waals surface area contributed by atoms with E-state index in [0.717, 1.165) is 23.8 Å². The molecular formula is C12H11NO2. The van der Waals surface area contributed by atoms with Gasteiger partial charge in [0.05, 0.1) is 24.3 Å². The van der Waals surface area contributed by atoms with Gasteiger partial charge in [-0.25, -0.2) is 0 Å². The number of aldehydes is 1. The van der Waals surface area contributed by atoms with E-state index in [4.69, 9.17) is 10.00 Å². The van der Waals surface area contributed by atoms with Gasteiger partial charge in [-0.3, -0.25) is 0 Å². The van der Waals surface area contributed by atoms with Crippen molar-refractivity contribution in [2.75, 3.05) is 6.61 Å². The fourth-order valence-corrected chi connectivity index (χ4v) is 1.89. The zero-order valence-corrected chi connectivity index (χ0v) is 8.27. The Kier molecular flexibility index (Phi) is 2.79. The second-order valence-electron chi connectivity index (χ2n) is 3.54. The first-order chi connectivity index (χ1) is 7.35. The minimum Gasteiger partial charge on any atom is -0.373 e. The third-order valence-electron chi connectivity index (χ3n) is 2.62. The van der Waals surface area contributed by atoms with Crippen LogP contribution >= 0.6 is 0 Å². The van der Waals surface area contributed by atoms with Gasteiger partial charge in [-0.2, -0.15) is 5.26 Å². The quantitative estimate of drug-likeness (QED) is 0.685. The molecule has 1 aromatic carbocycles. The van der Waals surface area contributed by atoms with Gasteiger partial charge in [-0.15, -0.1) is 0 Å². The van der Waals surface area contributed by atoms with E-state index in [-0.39, 0.29) is 6.10 Å². The van der Waals surface area contributed by atoms with Crippen molar-refractivity contribution in [1.82, 2.24) is 0 Å². The first-order valence-corrected chi connectivity index (χ1v) is 4.93. The number of fused-ring (bicyclic) bond motifs is 1. The summed E-state index contributed by atoms with van der Waals surface area (Å²) < 4.78 is 5.50. The molecule has 0 fully saturated rings. The van der Waals surface area contributed by atoms with Gasteiger partial charge in [0.15, 0.2) is 0 Å². The van der Waals surface area contributed by atoms with Crippen molar-refractivity contribution in [2.24, 2.45) is 0 Å². The summed E-state index contributed by atoms with van der Waals surface area (Å²) in [6.45, 7) is 0.625. The van der Waals surface area contributed by atoms with Gasteiger partial charge in [-0.05, 0) is 29.7 Å². The molecule has 1 aliphatic rings. The molecule has 0 saturated heterocycles. The molecule has 0 aliphatic carbocycles. The van der Waals surface area contributed by atoms with E-state index < -0.39 is 0 Å². The number of carbonyl (C=O) groups is 1. The molecular weight excluding hydrogens is 190 g/mol. The van der Waals surface area contributed by atoms with E-state index in [1.807, 2.05) is 12.1 Å². The molecule has 1 aliphatic heterocycles. The Morgan fingerprint density at radius 2 is 2.47 bits per heavy atom. The average Bonchev–Trinajstić information content (AvgIpc) is 2.29. The van der Waals surface area contributed by atoms with E-state index in [1.165, 1.54) is 0 Å². The zero-order chi connectivity index (χ0) is 10.7. The molecule has 0 bridgehead atoms. The van der Waals surface area contributed by atoms with Crippen molar-refractivity contribution in [3.8, 4) is 6.07 Å². The van der Waals surface area contributed by atoms with Crippen molar-refractivity contribution in [3.63, 3.8) is 0 Å². The highest BCUT2D eigenvalue weighted by atomic mass is 16.5. The summed E-state index contributed by atoms with van der Waals surface area (Å²) in [4.78, 5) is 10.5. The Hall–Kier alpha value is -1.66. The third kappa shape index (κ3) is 1.90. The Bertz CT molecular complexity index is 420. The van der Waals surface area contributed by atoms with Crippen LogP contribution < -0.4 is 0 Å². The number of ether oxygens (including phenoxy) is 1. The molecule has 2 rings (SSSR count). The lowest BCUT2D eigenvalue weighted by Crippen LogP contribution is -2.16. The average molecular weight is 201 g/mol. The highest BCUT2D eigenvalue weighted by Gasteiger charge is 2.20. The van der Waals surface area contributed by atoms with Crippen LogP contribution in [0.1, 0.15) is 29.2 Å². The molecule has 76 valence electrons. The van der Waals surface area contributed by atoms with E-state index >= 15 is 0 Å². The predicted octanol–water partition coefficient (Wildman–Crippen LogP) is 1.76. The molecule has 15 heavy (non-hydrogen) atoms. The van der Waals surface area contributed by atoms with Crippen LogP contribution in [0.4, 0.5) is 0 Å². The van der Waals surface area contributed by atoms with Crippen LogP contribution in [0.2, 0.25) is 0 Å². The van der Waals surface area contributed by atoms with Crippen LogP contribution in [0.15, 0.2) is 18.2 Å². The minimum absolute atomic E-state index is 0.126. The van der Waals surface area contributed by atoms with Crippen molar-refractivity contribution < 1.29 is 9.53 Å². The molecule has 0 saturated carbocycles. The summed E-state index contributed by atoms with van der Waals surface area (Å²) in [5.41, 5.74) is 2.85. The van der Waals surface area contributed by atoms with E-state index in [1.54, 1.807) is 6.07 Å². The van der Waals surface area contributed by atoms with Gasteiger partial charge in [0.25, 0.3) is 0 Å². The molecule has 3 heteroatoms. The standard InChI is InChI=1S/C12H11NO2/c13-8-9-1-2-11-10(7-9)4-6-15-12(11)3-5-14/h1-2,5,7,12H,3-4,6H2. The van der Waals surface area contributed by atoms with Gasteiger partial charge in [0.1, 0.15) is 6.29 Å². The summed E-state index contributed by atoms with van der Waals surface area (Å²) >= 11 is 0. The van der Waals surface area contributed by atoms with Crippen molar-refractivity contribution in [2.45, 2.75) is 18.9 Å². The first-order valence-electron chi connectivity index (χ1n) is 4.93. The lowest BCUT2D eigenvalue weighted by Gasteiger charge is -2.24. The number of benzene rings is 1. The van der Waals surface area contributed by atoms with Crippen LogP contribution in [-0.2, 0) is 16.0 Å². The molecule has 0 aromatic heterocycles. The van der Waals surface area contributed by atoms with E-state index in [9.17, 15) is 4.79 Å². The SMILES string of the molecule is N#Cc1ccc2c(c1)CCOC2CC=O. The molecule has 1 heterocycles. The van der Waals surface area contributed by atoms with E-state index in [0.29, 0.717) is 18.6 Å². The maximum Gasteiger partial charge on any atom is 0.122 e. The first kappa shape index (κ1) is 9.88. The fraction of sp³-hybridized carbons (Fsp3) is 0.333. The Balaban J connectivity index is 2.37. The molecule has 1 atom stereocenters. The number of hydrogen-bond acceptors (Lipinski definition) is 3. The largest absolute Gasteiger partial charge is 0.373 e. The van der Waals surface area contributed by atoms with Crippen LogP contribution in [0, 0.1) is 11.3 Å². The van der Waals surface area contributed by atoms with Crippen LogP contribution in [0.3, 0.4) is 0 Å². The zero-order valence-electron chi connectivity index (χ0n) is 8.27. The monoisotopic (exact) mass is 201 g/mol. The predicted molar refractivity (Wildman–Crippen MR) is 54.2 cm³/mol. The number of nitriles is 1. The second-order valence-corrected chi connectivity index (χ2v) is 3.54.